The fourth-order valence-electron chi connectivity index (χ4n) is 2.93. The molecule has 1 amide bonds. The summed E-state index contributed by atoms with van der Waals surface area (Å²) in [5, 5.41) is 3.22. The number of nitrogens with one attached hydrogen (secondary N) is 1. The highest BCUT2D eigenvalue weighted by Gasteiger charge is 2.26. The predicted octanol–water partition coefficient (Wildman–Crippen LogP) is 2.54. The first kappa shape index (κ1) is 14.1. The van der Waals surface area contributed by atoms with Crippen LogP contribution in [0.1, 0.15) is 36.0 Å². The van der Waals surface area contributed by atoms with Gasteiger partial charge in [-0.2, -0.15) is 0 Å². The van der Waals surface area contributed by atoms with Gasteiger partial charge in [-0.25, -0.2) is 0 Å². The molecule has 2 atom stereocenters. The Morgan fingerprint density at radius 3 is 2.58 bits per heavy atom. The molecule has 0 saturated heterocycles. The van der Waals surface area contributed by atoms with Gasteiger partial charge in [0.25, 0.3) is 5.91 Å². The molecule has 1 aliphatic rings. The monoisotopic (exact) mass is 260 g/mol. The van der Waals surface area contributed by atoms with Crippen molar-refractivity contribution in [3.8, 4) is 0 Å². The van der Waals surface area contributed by atoms with Gasteiger partial charge in [0.05, 0.1) is 0 Å². The van der Waals surface area contributed by atoms with Crippen LogP contribution in [0.15, 0.2) is 30.3 Å². The first-order chi connectivity index (χ1) is 9.16. The molecule has 1 aliphatic carbocycles. The average molecular weight is 260 g/mol. The van der Waals surface area contributed by atoms with Crippen molar-refractivity contribution in [2.45, 2.75) is 31.7 Å². The molecule has 0 radical (unpaired) electrons. The van der Waals surface area contributed by atoms with Crippen LogP contribution in [-0.4, -0.2) is 37.5 Å². The lowest BCUT2D eigenvalue weighted by molar-refractivity contribution is 0.0895. The highest BCUT2D eigenvalue weighted by Crippen LogP contribution is 2.25. The Balaban J connectivity index is 1.97. The van der Waals surface area contributed by atoms with Gasteiger partial charge in [-0.3, -0.25) is 4.79 Å². The molecule has 1 aromatic carbocycles. The van der Waals surface area contributed by atoms with Crippen LogP contribution in [0, 0.1) is 5.92 Å². The Morgan fingerprint density at radius 2 is 1.89 bits per heavy atom. The van der Waals surface area contributed by atoms with Crippen LogP contribution in [0.3, 0.4) is 0 Å². The summed E-state index contributed by atoms with van der Waals surface area (Å²) in [7, 11) is 4.20. The molecule has 0 spiro atoms. The molecule has 2 unspecified atom stereocenters. The summed E-state index contributed by atoms with van der Waals surface area (Å²) in [6.07, 6.45) is 4.84. The topological polar surface area (TPSA) is 32.3 Å². The molecule has 1 N–H and O–H groups in total. The lowest BCUT2D eigenvalue weighted by atomic mass is 9.84. The summed E-state index contributed by atoms with van der Waals surface area (Å²) in [6.45, 7) is 1.06. The maximum absolute atomic E-state index is 12.2. The van der Waals surface area contributed by atoms with E-state index in [9.17, 15) is 4.79 Å². The van der Waals surface area contributed by atoms with Crippen LogP contribution in [-0.2, 0) is 0 Å². The van der Waals surface area contributed by atoms with E-state index in [0.29, 0.717) is 12.0 Å². The number of nitrogens with zero attached hydrogens (tertiary/aromatic N) is 1. The molecule has 19 heavy (non-hydrogen) atoms. The van der Waals surface area contributed by atoms with Gasteiger partial charge >= 0.3 is 0 Å². The Kier molecular flexibility index (Phi) is 4.97. The van der Waals surface area contributed by atoms with E-state index >= 15 is 0 Å². The van der Waals surface area contributed by atoms with Gasteiger partial charge in [0.2, 0.25) is 0 Å². The minimum absolute atomic E-state index is 0.0660. The van der Waals surface area contributed by atoms with E-state index in [1.54, 1.807) is 0 Å². The molecule has 0 aromatic heterocycles. The molecule has 104 valence electrons. The molecule has 3 heteroatoms. The van der Waals surface area contributed by atoms with Crippen molar-refractivity contribution in [3.05, 3.63) is 35.9 Å². The molecule has 0 heterocycles. The Labute approximate surface area is 116 Å². The summed E-state index contributed by atoms with van der Waals surface area (Å²) in [4.78, 5) is 14.4. The minimum atomic E-state index is 0.0660. The zero-order valence-corrected chi connectivity index (χ0v) is 11.9. The van der Waals surface area contributed by atoms with E-state index in [4.69, 9.17) is 0 Å². The number of carbonyl (C=O) groups excluding carboxylic acids is 1. The molecule has 1 aromatic rings. The maximum Gasteiger partial charge on any atom is 0.251 e. The molecular weight excluding hydrogens is 236 g/mol. The first-order valence-electron chi connectivity index (χ1n) is 7.17. The van der Waals surface area contributed by atoms with Gasteiger partial charge in [0.1, 0.15) is 0 Å². The summed E-state index contributed by atoms with van der Waals surface area (Å²) >= 11 is 0. The van der Waals surface area contributed by atoms with Gasteiger partial charge in [-0.15, -0.1) is 0 Å². The summed E-state index contributed by atoms with van der Waals surface area (Å²) in [6, 6.07) is 9.83. The van der Waals surface area contributed by atoms with Gasteiger partial charge in [-0.05, 0) is 45.0 Å². The molecular formula is C16H24N2O. The zero-order chi connectivity index (χ0) is 13.7. The van der Waals surface area contributed by atoms with Gasteiger partial charge < -0.3 is 10.2 Å². The van der Waals surface area contributed by atoms with Crippen molar-refractivity contribution >= 4 is 5.91 Å². The van der Waals surface area contributed by atoms with Crippen molar-refractivity contribution in [2.24, 2.45) is 5.92 Å². The summed E-state index contributed by atoms with van der Waals surface area (Å²) in [5.74, 6) is 0.646. The molecule has 3 nitrogen and oxygen atoms in total. The number of carbonyl (C=O) groups is 1. The van der Waals surface area contributed by atoms with Crippen molar-refractivity contribution in [1.29, 1.82) is 0 Å². The molecule has 1 saturated carbocycles. The standard InChI is InChI=1S/C16H24N2O/c1-18(2)12-14-10-6-7-11-15(14)17-16(19)13-8-4-3-5-9-13/h3-5,8-9,14-15H,6-7,10-12H2,1-2H3,(H,17,19). The van der Waals surface area contributed by atoms with Crippen molar-refractivity contribution in [2.75, 3.05) is 20.6 Å². The van der Waals surface area contributed by atoms with Gasteiger partial charge in [-0.1, -0.05) is 31.0 Å². The fraction of sp³-hybridized carbons (Fsp3) is 0.562. The third-order valence-electron chi connectivity index (χ3n) is 3.86. The third-order valence-corrected chi connectivity index (χ3v) is 3.86. The Morgan fingerprint density at radius 1 is 1.21 bits per heavy atom. The van der Waals surface area contributed by atoms with Crippen LogP contribution in [0.25, 0.3) is 0 Å². The van der Waals surface area contributed by atoms with E-state index in [1.165, 1.54) is 19.3 Å². The maximum atomic E-state index is 12.2. The summed E-state index contributed by atoms with van der Waals surface area (Å²) < 4.78 is 0. The third kappa shape index (κ3) is 4.06. The number of benzene rings is 1. The van der Waals surface area contributed by atoms with E-state index in [1.807, 2.05) is 30.3 Å². The first-order valence-corrected chi connectivity index (χ1v) is 7.17. The number of rotatable bonds is 4. The lowest BCUT2D eigenvalue weighted by Crippen LogP contribution is -2.45. The van der Waals surface area contributed by atoms with Gasteiger partial charge in [0.15, 0.2) is 0 Å². The normalized spacial score (nSPS) is 23.3. The second-order valence-electron chi connectivity index (χ2n) is 5.75. The number of hydrogen-bond donors (Lipinski definition) is 1. The molecule has 0 bridgehead atoms. The van der Waals surface area contributed by atoms with Crippen LogP contribution < -0.4 is 5.32 Å². The fourth-order valence-corrected chi connectivity index (χ4v) is 2.93. The molecule has 2 rings (SSSR count). The minimum Gasteiger partial charge on any atom is -0.349 e. The van der Waals surface area contributed by atoms with Crippen molar-refractivity contribution in [1.82, 2.24) is 10.2 Å². The predicted molar refractivity (Wildman–Crippen MR) is 78.2 cm³/mol. The Hall–Kier alpha value is -1.35. The van der Waals surface area contributed by atoms with Crippen LogP contribution >= 0.6 is 0 Å². The molecule has 0 aliphatic heterocycles. The van der Waals surface area contributed by atoms with Gasteiger partial charge in [0, 0.05) is 18.2 Å². The van der Waals surface area contributed by atoms with Crippen molar-refractivity contribution < 1.29 is 4.79 Å². The smallest absolute Gasteiger partial charge is 0.251 e. The Bertz CT molecular complexity index is 402. The highest BCUT2D eigenvalue weighted by atomic mass is 16.1. The van der Waals surface area contributed by atoms with E-state index in [2.05, 4.69) is 24.3 Å². The molecule has 1 fully saturated rings. The lowest BCUT2D eigenvalue weighted by Gasteiger charge is -2.34. The van der Waals surface area contributed by atoms with Crippen molar-refractivity contribution in [3.63, 3.8) is 0 Å². The van der Waals surface area contributed by atoms with E-state index < -0.39 is 0 Å². The summed E-state index contributed by atoms with van der Waals surface area (Å²) in [5.41, 5.74) is 0.761. The number of amides is 1. The zero-order valence-electron chi connectivity index (χ0n) is 11.9. The largest absolute Gasteiger partial charge is 0.349 e. The van der Waals surface area contributed by atoms with Crippen LogP contribution in [0.5, 0.6) is 0 Å². The second kappa shape index (κ2) is 6.71. The SMILES string of the molecule is CN(C)CC1CCCCC1NC(=O)c1ccccc1. The average Bonchev–Trinajstić information content (AvgIpc) is 2.41. The van der Waals surface area contributed by atoms with E-state index in [0.717, 1.165) is 18.5 Å². The number of hydrogen-bond acceptors (Lipinski definition) is 2. The quantitative estimate of drug-likeness (QED) is 0.902. The van der Waals surface area contributed by atoms with Crippen LogP contribution in [0.2, 0.25) is 0 Å². The highest BCUT2D eigenvalue weighted by molar-refractivity contribution is 5.94. The van der Waals surface area contributed by atoms with E-state index in [-0.39, 0.29) is 5.91 Å². The van der Waals surface area contributed by atoms with Crippen LogP contribution in [0.4, 0.5) is 0 Å². The second-order valence-corrected chi connectivity index (χ2v) is 5.75.